The van der Waals surface area contributed by atoms with Crippen LogP contribution in [0.5, 0.6) is 0 Å². The molecule has 0 radical (unpaired) electrons. The highest BCUT2D eigenvalue weighted by Crippen LogP contribution is 2.35. The van der Waals surface area contributed by atoms with Crippen LogP contribution in [0.2, 0.25) is 0 Å². The zero-order valence-electron chi connectivity index (χ0n) is 18.8. The quantitative estimate of drug-likeness (QED) is 0.606. The molecule has 0 aromatic heterocycles. The largest absolute Gasteiger partial charge is 0.342 e. The van der Waals surface area contributed by atoms with Crippen LogP contribution in [-0.2, 0) is 20.8 Å². The number of alkyl halides is 1. The number of hydrogen-bond donors (Lipinski definition) is 2. The molecule has 6 nitrogen and oxygen atoms in total. The van der Waals surface area contributed by atoms with E-state index in [1.54, 1.807) is 14.0 Å². The third-order valence-electron chi connectivity index (χ3n) is 6.61. The van der Waals surface area contributed by atoms with E-state index in [1.807, 2.05) is 12.1 Å². The van der Waals surface area contributed by atoms with Crippen molar-refractivity contribution >= 4 is 17.6 Å². The minimum Gasteiger partial charge on any atom is -0.342 e. The molecule has 32 heavy (non-hydrogen) atoms. The van der Waals surface area contributed by atoms with Gasteiger partial charge in [-0.25, -0.2) is 4.39 Å². The Hall–Kier alpha value is -2.72. The molecule has 2 amide bonds. The van der Waals surface area contributed by atoms with Crippen molar-refractivity contribution in [1.82, 2.24) is 15.5 Å². The molecule has 3 rings (SSSR count). The molecule has 5 atom stereocenters. The van der Waals surface area contributed by atoms with Crippen LogP contribution in [0.1, 0.15) is 56.1 Å². The van der Waals surface area contributed by atoms with E-state index in [1.165, 1.54) is 16.0 Å². The number of carbonyl (C=O) groups excluding carboxylic acids is 3. The van der Waals surface area contributed by atoms with Gasteiger partial charge in [-0.1, -0.05) is 24.3 Å². The molecule has 1 aromatic carbocycles. The van der Waals surface area contributed by atoms with Gasteiger partial charge in [0.05, 0.1) is 18.6 Å². The van der Waals surface area contributed by atoms with Crippen molar-refractivity contribution in [2.45, 2.75) is 75.7 Å². The lowest BCUT2D eigenvalue weighted by Gasteiger charge is -2.30. The second kappa shape index (κ2) is 10.7. The lowest BCUT2D eigenvalue weighted by atomic mass is 9.79. The number of rotatable bonds is 8. The predicted molar refractivity (Wildman–Crippen MR) is 121 cm³/mol. The summed E-state index contributed by atoms with van der Waals surface area (Å²) in [5, 5.41) is 5.45. The second-order valence-corrected chi connectivity index (χ2v) is 8.78. The van der Waals surface area contributed by atoms with Crippen molar-refractivity contribution in [3.8, 4) is 12.3 Å². The van der Waals surface area contributed by atoms with E-state index in [-0.39, 0.29) is 43.4 Å². The van der Waals surface area contributed by atoms with Crippen molar-refractivity contribution in [3.05, 3.63) is 35.4 Å². The molecule has 1 aromatic rings. The van der Waals surface area contributed by atoms with E-state index in [0.717, 1.165) is 19.3 Å². The molecule has 1 fully saturated rings. The van der Waals surface area contributed by atoms with Crippen LogP contribution in [0, 0.1) is 12.3 Å². The maximum absolute atomic E-state index is 14.4. The maximum Gasteiger partial charge on any atom is 0.246 e. The van der Waals surface area contributed by atoms with Crippen molar-refractivity contribution < 1.29 is 18.8 Å². The Balaban J connectivity index is 1.73. The number of benzene rings is 1. The van der Waals surface area contributed by atoms with E-state index >= 15 is 0 Å². The number of terminal acetylenes is 1. The minimum atomic E-state index is -1.27. The molecule has 1 aliphatic heterocycles. The molecule has 7 heteroatoms. The van der Waals surface area contributed by atoms with E-state index in [0.29, 0.717) is 0 Å². The fraction of sp³-hybridized carbons (Fsp3) is 0.560. The average Bonchev–Trinajstić information content (AvgIpc) is 3.19. The Morgan fingerprint density at radius 3 is 2.78 bits per heavy atom. The molecule has 1 saturated heterocycles. The minimum absolute atomic E-state index is 0.0113. The molecule has 0 saturated carbocycles. The molecular formula is C25H32FN3O3. The Morgan fingerprint density at radius 1 is 1.31 bits per heavy atom. The van der Waals surface area contributed by atoms with Gasteiger partial charge in [0, 0.05) is 19.3 Å². The fourth-order valence-corrected chi connectivity index (χ4v) is 4.72. The van der Waals surface area contributed by atoms with Crippen LogP contribution in [0.3, 0.4) is 0 Å². The molecule has 0 bridgehead atoms. The van der Waals surface area contributed by atoms with Gasteiger partial charge in [0.2, 0.25) is 11.8 Å². The molecule has 2 aliphatic rings. The first-order valence-electron chi connectivity index (χ1n) is 11.3. The maximum atomic E-state index is 14.4. The van der Waals surface area contributed by atoms with Gasteiger partial charge in [-0.3, -0.25) is 14.4 Å². The van der Waals surface area contributed by atoms with Gasteiger partial charge in [0.25, 0.3) is 0 Å². The number of likely N-dealkylation sites (N-methyl/N-ethyl adjacent to an activating group) is 1. The smallest absolute Gasteiger partial charge is 0.246 e. The summed E-state index contributed by atoms with van der Waals surface area (Å²) in [5.41, 5.74) is 2.44. The lowest BCUT2D eigenvalue weighted by Crippen LogP contribution is -2.54. The number of fused-ring (bicyclic) bond motifs is 1. The number of ketones is 1. The van der Waals surface area contributed by atoms with Crippen molar-refractivity contribution in [1.29, 1.82) is 0 Å². The lowest BCUT2D eigenvalue weighted by molar-refractivity contribution is -0.141. The highest BCUT2D eigenvalue weighted by atomic mass is 19.1. The number of nitrogens with one attached hydrogen (secondary N) is 2. The Morgan fingerprint density at radius 2 is 2.06 bits per heavy atom. The van der Waals surface area contributed by atoms with Crippen LogP contribution in [-0.4, -0.2) is 60.4 Å². The number of amides is 2. The number of carbonyl (C=O) groups is 3. The monoisotopic (exact) mass is 441 g/mol. The first kappa shape index (κ1) is 23.9. The molecule has 0 spiro atoms. The Kier molecular flexibility index (Phi) is 8.03. The molecular weight excluding hydrogens is 409 g/mol. The zero-order valence-corrected chi connectivity index (χ0v) is 18.8. The topological polar surface area (TPSA) is 78.5 Å². The molecule has 2 N–H and O–H groups in total. The summed E-state index contributed by atoms with van der Waals surface area (Å²) in [6.07, 6.45) is 7.29. The van der Waals surface area contributed by atoms with Crippen LogP contribution in [0.4, 0.5) is 4.39 Å². The number of nitrogens with zero attached hydrogens (tertiary/aromatic N) is 1. The number of hydrogen-bond acceptors (Lipinski definition) is 4. The molecule has 172 valence electrons. The Labute approximate surface area is 189 Å². The first-order valence-corrected chi connectivity index (χ1v) is 11.3. The highest BCUT2D eigenvalue weighted by Gasteiger charge is 2.42. The summed E-state index contributed by atoms with van der Waals surface area (Å²) in [5.74, 6) is 1.48. The van der Waals surface area contributed by atoms with Gasteiger partial charge < -0.3 is 15.5 Å². The van der Waals surface area contributed by atoms with Gasteiger partial charge in [0.1, 0.15) is 12.2 Å². The third-order valence-corrected chi connectivity index (χ3v) is 6.61. The van der Waals surface area contributed by atoms with Gasteiger partial charge in [0.15, 0.2) is 5.78 Å². The standard InChI is InChI=1S/C25H32FN3O3/c1-4-8-21(28-24(31)16(2)27-3)25(32)29-15-19(26)14-22(29)23(30)13-18-11-7-10-17-9-5-6-12-20(17)18/h1,5-6,9,12,16,18-19,21-22,27H,7-8,10-11,13-15H2,2-3H3,(H,28,31)/t16-,18-,19+,21-,22-/m0/s1. The van der Waals surface area contributed by atoms with E-state index in [2.05, 4.69) is 28.7 Å². The Bertz CT molecular complexity index is 897. The summed E-state index contributed by atoms with van der Waals surface area (Å²) in [7, 11) is 1.63. The van der Waals surface area contributed by atoms with Gasteiger partial charge in [-0.15, -0.1) is 12.3 Å². The predicted octanol–water partition coefficient (Wildman–Crippen LogP) is 2.12. The summed E-state index contributed by atoms with van der Waals surface area (Å²) < 4.78 is 14.4. The molecule has 0 unspecified atom stereocenters. The van der Waals surface area contributed by atoms with Crippen molar-refractivity contribution in [2.75, 3.05) is 13.6 Å². The highest BCUT2D eigenvalue weighted by molar-refractivity contribution is 5.94. The van der Waals surface area contributed by atoms with Crippen LogP contribution < -0.4 is 10.6 Å². The van der Waals surface area contributed by atoms with E-state index in [4.69, 9.17) is 6.42 Å². The van der Waals surface area contributed by atoms with E-state index in [9.17, 15) is 18.8 Å². The van der Waals surface area contributed by atoms with Crippen molar-refractivity contribution in [2.24, 2.45) is 0 Å². The summed E-state index contributed by atoms with van der Waals surface area (Å²) in [6.45, 7) is 1.50. The fourth-order valence-electron chi connectivity index (χ4n) is 4.72. The van der Waals surface area contributed by atoms with Crippen LogP contribution in [0.15, 0.2) is 24.3 Å². The van der Waals surface area contributed by atoms with Gasteiger partial charge in [-0.2, -0.15) is 0 Å². The number of Topliss-reactive ketones (excluding diaryl/α,β-unsaturated/α-hetero) is 1. The molecule has 1 heterocycles. The van der Waals surface area contributed by atoms with Gasteiger partial charge in [-0.05, 0) is 50.3 Å². The average molecular weight is 442 g/mol. The van der Waals surface area contributed by atoms with Crippen LogP contribution >= 0.6 is 0 Å². The van der Waals surface area contributed by atoms with Crippen molar-refractivity contribution in [3.63, 3.8) is 0 Å². The zero-order chi connectivity index (χ0) is 23.3. The second-order valence-electron chi connectivity index (χ2n) is 8.78. The van der Waals surface area contributed by atoms with E-state index < -0.39 is 30.2 Å². The molecule has 1 aliphatic carbocycles. The van der Waals surface area contributed by atoms with Gasteiger partial charge >= 0.3 is 0 Å². The summed E-state index contributed by atoms with van der Waals surface area (Å²) in [4.78, 5) is 40.0. The number of halogens is 1. The summed E-state index contributed by atoms with van der Waals surface area (Å²) >= 11 is 0. The summed E-state index contributed by atoms with van der Waals surface area (Å²) in [6, 6.07) is 5.80. The number of aryl methyl sites for hydroxylation is 1. The third kappa shape index (κ3) is 5.36. The van der Waals surface area contributed by atoms with Crippen LogP contribution in [0.25, 0.3) is 0 Å². The SMILES string of the molecule is C#CC[C@H](NC(=O)[C@H](C)NC)C(=O)N1C[C@H](F)C[C@H]1C(=O)C[C@@H]1CCCc2ccccc21. The normalized spacial score (nSPS) is 24.2. The number of likely N-dealkylation sites (tertiary alicyclic amines) is 1. The first-order chi connectivity index (χ1) is 15.3.